The summed E-state index contributed by atoms with van der Waals surface area (Å²) in [6, 6.07) is 10.9. The van der Waals surface area contributed by atoms with E-state index in [0.29, 0.717) is 18.5 Å². The third kappa shape index (κ3) is 3.83. The molecule has 0 saturated carbocycles. The molecule has 21 heavy (non-hydrogen) atoms. The third-order valence-electron chi connectivity index (χ3n) is 4.93. The predicted octanol–water partition coefficient (Wildman–Crippen LogP) is 1.25. The summed E-state index contributed by atoms with van der Waals surface area (Å²) >= 11 is 0. The zero-order valence-electron chi connectivity index (χ0n) is 13.5. The van der Waals surface area contributed by atoms with Crippen molar-refractivity contribution < 1.29 is 5.11 Å². The van der Waals surface area contributed by atoms with E-state index in [1.54, 1.807) is 0 Å². The van der Waals surface area contributed by atoms with Gasteiger partial charge >= 0.3 is 0 Å². The van der Waals surface area contributed by atoms with Gasteiger partial charge in [0.15, 0.2) is 0 Å². The molecule has 0 radical (unpaired) electrons. The van der Waals surface area contributed by atoms with Crippen LogP contribution in [0.1, 0.15) is 25.8 Å². The van der Waals surface area contributed by atoms with Gasteiger partial charge in [0.05, 0.1) is 0 Å². The average molecular weight is 291 g/mol. The Kier molecular flexibility index (Phi) is 5.38. The Bertz CT molecular complexity index is 427. The Balaban J connectivity index is 1.98. The number of benzene rings is 1. The quantitative estimate of drug-likeness (QED) is 0.857. The maximum absolute atomic E-state index is 10.8. The molecule has 0 aromatic heterocycles. The van der Waals surface area contributed by atoms with Crippen molar-refractivity contribution >= 4 is 0 Å². The zero-order valence-corrected chi connectivity index (χ0v) is 13.5. The summed E-state index contributed by atoms with van der Waals surface area (Å²) in [5.74, 6) is 0. The first-order valence-electron chi connectivity index (χ1n) is 7.88. The van der Waals surface area contributed by atoms with Crippen LogP contribution in [0.3, 0.4) is 0 Å². The van der Waals surface area contributed by atoms with Gasteiger partial charge < -0.3 is 15.7 Å². The Morgan fingerprint density at radius 1 is 1.19 bits per heavy atom. The lowest BCUT2D eigenvalue weighted by Gasteiger charge is -2.43. The van der Waals surface area contributed by atoms with Gasteiger partial charge in [-0.25, -0.2) is 0 Å². The first kappa shape index (κ1) is 16.4. The topological polar surface area (TPSA) is 52.7 Å². The smallest absolute Gasteiger partial charge is 0.103 e. The first-order chi connectivity index (χ1) is 9.96. The van der Waals surface area contributed by atoms with E-state index >= 15 is 0 Å². The van der Waals surface area contributed by atoms with E-state index in [-0.39, 0.29) is 6.54 Å². The highest BCUT2D eigenvalue weighted by atomic mass is 16.3. The van der Waals surface area contributed by atoms with Crippen LogP contribution in [-0.4, -0.2) is 60.2 Å². The SMILES string of the molecule is CC1CN(CCC(O)(CN)c2ccccc2)CC(C)N1C. The molecule has 1 saturated heterocycles. The van der Waals surface area contributed by atoms with Crippen LogP contribution in [-0.2, 0) is 5.60 Å². The van der Waals surface area contributed by atoms with Crippen molar-refractivity contribution in [3.63, 3.8) is 0 Å². The second kappa shape index (κ2) is 6.88. The number of piperazine rings is 1. The molecule has 1 aliphatic rings. The van der Waals surface area contributed by atoms with E-state index in [0.717, 1.165) is 25.2 Å². The number of hydrogen-bond acceptors (Lipinski definition) is 4. The first-order valence-corrected chi connectivity index (χ1v) is 7.88. The molecule has 0 aliphatic carbocycles. The Morgan fingerprint density at radius 2 is 1.76 bits per heavy atom. The molecule has 1 heterocycles. The van der Waals surface area contributed by atoms with Crippen molar-refractivity contribution in [3.8, 4) is 0 Å². The second-order valence-electron chi connectivity index (χ2n) is 6.47. The number of aliphatic hydroxyl groups is 1. The fourth-order valence-electron chi connectivity index (χ4n) is 3.15. The fourth-order valence-corrected chi connectivity index (χ4v) is 3.15. The normalized spacial score (nSPS) is 27.5. The number of likely N-dealkylation sites (N-methyl/N-ethyl adjacent to an activating group) is 1. The molecule has 4 heteroatoms. The number of rotatable bonds is 5. The molecule has 3 unspecified atom stereocenters. The van der Waals surface area contributed by atoms with Crippen LogP contribution in [0.5, 0.6) is 0 Å². The largest absolute Gasteiger partial charge is 0.384 e. The number of nitrogens with two attached hydrogens (primary N) is 1. The molecule has 4 nitrogen and oxygen atoms in total. The van der Waals surface area contributed by atoms with Gasteiger partial charge in [-0.05, 0) is 32.9 Å². The van der Waals surface area contributed by atoms with Crippen LogP contribution in [0.4, 0.5) is 0 Å². The van der Waals surface area contributed by atoms with Crippen molar-refractivity contribution in [1.29, 1.82) is 0 Å². The molecule has 1 fully saturated rings. The summed E-state index contributed by atoms with van der Waals surface area (Å²) in [6.45, 7) is 7.76. The summed E-state index contributed by atoms with van der Waals surface area (Å²) in [5.41, 5.74) is 5.85. The van der Waals surface area contributed by atoms with Gasteiger partial charge in [0, 0.05) is 38.3 Å². The second-order valence-corrected chi connectivity index (χ2v) is 6.47. The van der Waals surface area contributed by atoms with E-state index in [9.17, 15) is 5.11 Å². The van der Waals surface area contributed by atoms with Crippen LogP contribution in [0, 0.1) is 0 Å². The molecule has 3 N–H and O–H groups in total. The van der Waals surface area contributed by atoms with E-state index < -0.39 is 5.60 Å². The van der Waals surface area contributed by atoms with Gasteiger partial charge in [-0.1, -0.05) is 30.3 Å². The predicted molar refractivity (Wildman–Crippen MR) is 87.1 cm³/mol. The highest BCUT2D eigenvalue weighted by Gasteiger charge is 2.31. The van der Waals surface area contributed by atoms with Crippen LogP contribution in [0.2, 0.25) is 0 Å². The molecule has 2 rings (SSSR count). The average Bonchev–Trinajstić information content (AvgIpc) is 2.51. The van der Waals surface area contributed by atoms with E-state index in [1.807, 2.05) is 30.3 Å². The van der Waals surface area contributed by atoms with Gasteiger partial charge in [0.1, 0.15) is 5.60 Å². The maximum Gasteiger partial charge on any atom is 0.103 e. The zero-order chi connectivity index (χ0) is 15.5. The molecular formula is C17H29N3O. The van der Waals surface area contributed by atoms with E-state index in [2.05, 4.69) is 30.7 Å². The third-order valence-corrected chi connectivity index (χ3v) is 4.93. The lowest BCUT2D eigenvalue weighted by Crippen LogP contribution is -2.55. The van der Waals surface area contributed by atoms with Gasteiger partial charge in [0.2, 0.25) is 0 Å². The minimum atomic E-state index is -0.920. The van der Waals surface area contributed by atoms with E-state index in [4.69, 9.17) is 5.73 Å². The highest BCUT2D eigenvalue weighted by Crippen LogP contribution is 2.25. The molecule has 1 aromatic carbocycles. The Morgan fingerprint density at radius 3 is 2.29 bits per heavy atom. The van der Waals surface area contributed by atoms with Crippen LogP contribution in [0.15, 0.2) is 30.3 Å². The van der Waals surface area contributed by atoms with Crippen LogP contribution < -0.4 is 5.73 Å². The number of hydrogen-bond donors (Lipinski definition) is 2. The highest BCUT2D eigenvalue weighted by molar-refractivity contribution is 5.22. The summed E-state index contributed by atoms with van der Waals surface area (Å²) < 4.78 is 0. The maximum atomic E-state index is 10.8. The van der Waals surface area contributed by atoms with Gasteiger partial charge in [-0.15, -0.1) is 0 Å². The molecule has 0 bridgehead atoms. The van der Waals surface area contributed by atoms with E-state index in [1.165, 1.54) is 0 Å². The lowest BCUT2D eigenvalue weighted by molar-refractivity contribution is 0.00630. The fraction of sp³-hybridized carbons (Fsp3) is 0.647. The summed E-state index contributed by atoms with van der Waals surface area (Å²) in [7, 11) is 2.19. The van der Waals surface area contributed by atoms with Crippen molar-refractivity contribution in [2.75, 3.05) is 33.2 Å². The van der Waals surface area contributed by atoms with Gasteiger partial charge in [-0.2, -0.15) is 0 Å². The minimum Gasteiger partial charge on any atom is -0.384 e. The molecule has 1 aromatic rings. The summed E-state index contributed by atoms with van der Waals surface area (Å²) in [5, 5.41) is 10.8. The van der Waals surface area contributed by atoms with Crippen molar-refractivity contribution in [3.05, 3.63) is 35.9 Å². The summed E-state index contributed by atoms with van der Waals surface area (Å²) in [6.07, 6.45) is 0.677. The Labute approximate surface area is 128 Å². The van der Waals surface area contributed by atoms with Gasteiger partial charge in [-0.3, -0.25) is 4.90 Å². The molecule has 3 atom stereocenters. The standard InChI is InChI=1S/C17H29N3O/c1-14-11-20(12-15(2)19(14)3)10-9-17(21,13-18)16-7-5-4-6-8-16/h4-8,14-15,21H,9-13,18H2,1-3H3. The van der Waals surface area contributed by atoms with Crippen molar-refractivity contribution in [2.24, 2.45) is 5.73 Å². The summed E-state index contributed by atoms with van der Waals surface area (Å²) in [4.78, 5) is 4.86. The van der Waals surface area contributed by atoms with Gasteiger partial charge in [0.25, 0.3) is 0 Å². The minimum absolute atomic E-state index is 0.260. The van der Waals surface area contributed by atoms with Crippen LogP contribution in [0.25, 0.3) is 0 Å². The van der Waals surface area contributed by atoms with Crippen molar-refractivity contribution in [1.82, 2.24) is 9.80 Å². The molecule has 1 aliphatic heterocycles. The lowest BCUT2D eigenvalue weighted by atomic mass is 9.90. The molecule has 0 spiro atoms. The molecule has 118 valence electrons. The monoisotopic (exact) mass is 291 g/mol. The Hall–Kier alpha value is -0.940. The van der Waals surface area contributed by atoms with Crippen LogP contribution >= 0.6 is 0 Å². The van der Waals surface area contributed by atoms with Crippen molar-refractivity contribution in [2.45, 2.75) is 38.0 Å². The number of nitrogens with zero attached hydrogens (tertiary/aromatic N) is 2. The molecular weight excluding hydrogens is 262 g/mol. The molecule has 0 amide bonds.